The highest BCUT2D eigenvalue weighted by atomic mass is 16.2. The summed E-state index contributed by atoms with van der Waals surface area (Å²) in [7, 11) is 0. The van der Waals surface area contributed by atoms with Crippen LogP contribution in [0.3, 0.4) is 0 Å². The van der Waals surface area contributed by atoms with Crippen molar-refractivity contribution < 1.29 is 4.79 Å². The molecule has 4 heteroatoms. The van der Waals surface area contributed by atoms with Crippen molar-refractivity contribution in [3.63, 3.8) is 0 Å². The number of amides is 1. The number of hydrogen-bond acceptors (Lipinski definition) is 2. The Hall–Kier alpha value is -3.92. The van der Waals surface area contributed by atoms with Crippen molar-refractivity contribution in [2.24, 2.45) is 0 Å². The molecule has 0 saturated carbocycles. The summed E-state index contributed by atoms with van der Waals surface area (Å²) in [5.41, 5.74) is 6.65. The minimum absolute atomic E-state index is 0.0558. The van der Waals surface area contributed by atoms with E-state index in [9.17, 15) is 4.79 Å². The summed E-state index contributed by atoms with van der Waals surface area (Å²) < 4.78 is 2.31. The van der Waals surface area contributed by atoms with Crippen molar-refractivity contribution in [2.75, 3.05) is 11.4 Å². The van der Waals surface area contributed by atoms with Crippen LogP contribution in [0.15, 0.2) is 84.9 Å². The summed E-state index contributed by atoms with van der Waals surface area (Å²) >= 11 is 0. The predicted octanol–water partition coefficient (Wildman–Crippen LogP) is 6.38. The number of rotatable bonds is 4. The van der Waals surface area contributed by atoms with Crippen LogP contribution >= 0.6 is 0 Å². The Balaban J connectivity index is 1.39. The van der Waals surface area contributed by atoms with Gasteiger partial charge in [-0.05, 0) is 65.6 Å². The first-order valence-electron chi connectivity index (χ1n) is 11.9. The second-order valence-corrected chi connectivity index (χ2v) is 9.42. The third-order valence-electron chi connectivity index (χ3n) is 6.98. The highest BCUT2D eigenvalue weighted by Gasteiger charge is 2.35. The number of imidazole rings is 1. The van der Waals surface area contributed by atoms with E-state index in [1.54, 1.807) is 0 Å². The molecule has 0 N–H and O–H groups in total. The highest BCUT2D eigenvalue weighted by molar-refractivity contribution is 5.97. The van der Waals surface area contributed by atoms with Crippen molar-refractivity contribution >= 4 is 33.4 Å². The van der Waals surface area contributed by atoms with Crippen LogP contribution in [0, 0.1) is 13.8 Å². The number of anilines is 1. The summed E-state index contributed by atoms with van der Waals surface area (Å²) in [6, 6.07) is 29.7. The number of fused-ring (bicyclic) bond motifs is 2. The molecule has 1 atom stereocenters. The van der Waals surface area contributed by atoms with Crippen molar-refractivity contribution in [2.45, 2.75) is 32.7 Å². The molecule has 6 rings (SSSR count). The molecule has 34 heavy (non-hydrogen) atoms. The Morgan fingerprint density at radius 1 is 0.882 bits per heavy atom. The van der Waals surface area contributed by atoms with Crippen LogP contribution in [0.2, 0.25) is 0 Å². The first kappa shape index (κ1) is 20.7. The summed E-state index contributed by atoms with van der Waals surface area (Å²) in [5.74, 6) is 1.22. The molecule has 1 amide bonds. The van der Waals surface area contributed by atoms with Gasteiger partial charge in [-0.15, -0.1) is 0 Å². The molecule has 1 unspecified atom stereocenters. The second-order valence-electron chi connectivity index (χ2n) is 9.42. The number of benzene rings is 4. The van der Waals surface area contributed by atoms with Gasteiger partial charge >= 0.3 is 0 Å². The molecular weight excluding hydrogens is 418 g/mol. The average molecular weight is 446 g/mol. The summed E-state index contributed by atoms with van der Waals surface area (Å²) in [4.78, 5) is 20.1. The van der Waals surface area contributed by atoms with E-state index >= 15 is 0 Å². The first-order chi connectivity index (χ1) is 16.6. The lowest BCUT2D eigenvalue weighted by atomic mass is 10.1. The fourth-order valence-corrected chi connectivity index (χ4v) is 5.22. The summed E-state index contributed by atoms with van der Waals surface area (Å²) in [6.07, 6.45) is 0.481. The third kappa shape index (κ3) is 3.56. The van der Waals surface area contributed by atoms with E-state index < -0.39 is 0 Å². The standard InChI is InChI=1S/C30H27N3O/c1-20-11-12-21(2)28(15-20)32-19-25(17-29(32)34)30-31-26-9-5-6-10-27(26)33(30)18-22-13-14-23-7-3-4-8-24(23)16-22/h3-16,25H,17-19H2,1-2H3. The molecule has 4 aromatic carbocycles. The largest absolute Gasteiger partial charge is 0.323 e. The molecule has 168 valence electrons. The molecule has 0 radical (unpaired) electrons. The van der Waals surface area contributed by atoms with Gasteiger partial charge in [0.1, 0.15) is 5.82 Å². The molecule has 1 aliphatic rings. The van der Waals surface area contributed by atoms with Gasteiger partial charge in [0.15, 0.2) is 0 Å². The van der Waals surface area contributed by atoms with Gasteiger partial charge in [-0.2, -0.15) is 0 Å². The molecule has 0 spiro atoms. The first-order valence-corrected chi connectivity index (χ1v) is 11.9. The van der Waals surface area contributed by atoms with Crippen molar-refractivity contribution in [1.82, 2.24) is 9.55 Å². The lowest BCUT2D eigenvalue weighted by Gasteiger charge is -2.20. The van der Waals surface area contributed by atoms with Gasteiger partial charge in [-0.3, -0.25) is 4.79 Å². The summed E-state index contributed by atoms with van der Waals surface area (Å²) in [5, 5.41) is 2.48. The topological polar surface area (TPSA) is 38.1 Å². The average Bonchev–Trinajstić information content (AvgIpc) is 3.41. The van der Waals surface area contributed by atoms with Crippen molar-refractivity contribution in [1.29, 1.82) is 0 Å². The quantitative estimate of drug-likeness (QED) is 0.322. The molecule has 0 aliphatic carbocycles. The second kappa shape index (κ2) is 8.14. The Labute approximate surface area is 199 Å². The van der Waals surface area contributed by atoms with Gasteiger partial charge in [0.2, 0.25) is 5.91 Å². The van der Waals surface area contributed by atoms with E-state index in [0.29, 0.717) is 13.0 Å². The number of hydrogen-bond donors (Lipinski definition) is 0. The van der Waals surface area contributed by atoms with Crippen LogP contribution < -0.4 is 4.90 Å². The minimum atomic E-state index is 0.0558. The van der Waals surface area contributed by atoms with Gasteiger partial charge in [0, 0.05) is 31.1 Å². The van der Waals surface area contributed by atoms with Crippen LogP contribution in [0.5, 0.6) is 0 Å². The van der Waals surface area contributed by atoms with Crippen molar-refractivity contribution in [3.05, 3.63) is 107 Å². The zero-order valence-electron chi connectivity index (χ0n) is 19.5. The molecule has 2 heterocycles. The zero-order chi connectivity index (χ0) is 23.2. The van der Waals surface area contributed by atoms with E-state index in [1.165, 1.54) is 21.9 Å². The Morgan fingerprint density at radius 3 is 2.56 bits per heavy atom. The van der Waals surface area contributed by atoms with E-state index in [4.69, 9.17) is 4.98 Å². The van der Waals surface area contributed by atoms with Crippen LogP contribution in [0.1, 0.15) is 34.9 Å². The Kier molecular flexibility index (Phi) is 4.95. The summed E-state index contributed by atoms with van der Waals surface area (Å²) in [6.45, 7) is 5.54. The van der Waals surface area contributed by atoms with Gasteiger partial charge in [-0.25, -0.2) is 4.98 Å². The molecule has 0 bridgehead atoms. The van der Waals surface area contributed by atoms with Crippen LogP contribution in [-0.2, 0) is 11.3 Å². The normalized spacial score (nSPS) is 16.1. The minimum Gasteiger partial charge on any atom is -0.323 e. The number of aryl methyl sites for hydroxylation is 2. The molecular formula is C30H27N3O. The predicted molar refractivity (Wildman–Crippen MR) is 138 cm³/mol. The maximum atomic E-state index is 13.1. The van der Waals surface area contributed by atoms with Gasteiger partial charge < -0.3 is 9.47 Å². The van der Waals surface area contributed by atoms with Gasteiger partial charge in [0.05, 0.1) is 11.0 Å². The molecule has 4 nitrogen and oxygen atoms in total. The van der Waals surface area contributed by atoms with E-state index in [1.807, 2.05) is 11.0 Å². The molecule has 1 aliphatic heterocycles. The number of carbonyl (C=O) groups excluding carboxylic acids is 1. The maximum Gasteiger partial charge on any atom is 0.227 e. The van der Waals surface area contributed by atoms with Crippen LogP contribution in [0.25, 0.3) is 21.8 Å². The zero-order valence-corrected chi connectivity index (χ0v) is 19.5. The molecule has 5 aromatic rings. The van der Waals surface area contributed by atoms with E-state index in [0.717, 1.165) is 34.7 Å². The van der Waals surface area contributed by atoms with Gasteiger partial charge in [-0.1, -0.05) is 60.7 Å². The number of para-hydroxylation sites is 2. The number of aromatic nitrogens is 2. The Bertz CT molecular complexity index is 1550. The molecule has 1 aromatic heterocycles. The smallest absolute Gasteiger partial charge is 0.227 e. The molecule has 1 saturated heterocycles. The molecule has 1 fully saturated rings. The monoisotopic (exact) mass is 445 g/mol. The van der Waals surface area contributed by atoms with Crippen LogP contribution in [0.4, 0.5) is 5.69 Å². The number of nitrogens with zero attached hydrogens (tertiary/aromatic N) is 3. The highest BCUT2D eigenvalue weighted by Crippen LogP contribution is 2.35. The van der Waals surface area contributed by atoms with Gasteiger partial charge in [0.25, 0.3) is 0 Å². The van der Waals surface area contributed by atoms with E-state index in [-0.39, 0.29) is 11.8 Å². The van der Waals surface area contributed by atoms with Crippen molar-refractivity contribution in [3.8, 4) is 0 Å². The van der Waals surface area contributed by atoms with E-state index in [2.05, 4.69) is 97.3 Å². The fourth-order valence-electron chi connectivity index (χ4n) is 5.22. The van der Waals surface area contributed by atoms with Crippen LogP contribution in [-0.4, -0.2) is 22.0 Å². The maximum absolute atomic E-state index is 13.1. The fraction of sp³-hybridized carbons (Fsp3) is 0.200. The SMILES string of the molecule is Cc1ccc(C)c(N2CC(c3nc4ccccc4n3Cc3ccc4ccccc4c3)CC2=O)c1. The lowest BCUT2D eigenvalue weighted by molar-refractivity contribution is -0.117. The third-order valence-corrected chi connectivity index (χ3v) is 6.98. The Morgan fingerprint density at radius 2 is 1.68 bits per heavy atom. The number of carbonyl (C=O) groups is 1. The lowest BCUT2D eigenvalue weighted by Crippen LogP contribution is -2.25.